The van der Waals surface area contributed by atoms with Crippen molar-refractivity contribution in [1.29, 1.82) is 0 Å². The Morgan fingerprint density at radius 2 is 1.56 bits per heavy atom. The molecule has 0 unspecified atom stereocenters. The van der Waals surface area contributed by atoms with Crippen molar-refractivity contribution in [1.82, 2.24) is 4.31 Å². The van der Waals surface area contributed by atoms with E-state index in [4.69, 9.17) is 0 Å². The van der Waals surface area contributed by atoms with Crippen LogP contribution in [0.25, 0.3) is 0 Å². The largest absolute Gasteiger partial charge is 0.213 e. The fraction of sp³-hybridized carbons (Fsp3) is 0.500. The Morgan fingerprint density at radius 3 is 1.94 bits per heavy atom. The number of aryl methyl sites for hydroxylation is 1. The second-order valence-corrected chi connectivity index (χ2v) is 5.59. The molecule has 92 valence electrons. The van der Waals surface area contributed by atoms with E-state index >= 15 is 0 Å². The summed E-state index contributed by atoms with van der Waals surface area (Å²) >= 11 is 0. The predicted octanol–water partition coefficient (Wildman–Crippen LogP) is 2.41. The van der Waals surface area contributed by atoms with Crippen LogP contribution in [-0.4, -0.2) is 26.0 Å². The molecule has 16 heavy (non-hydrogen) atoms. The van der Waals surface area contributed by atoms with Crippen LogP contribution in [0.5, 0.6) is 0 Å². The summed E-state index contributed by atoms with van der Waals surface area (Å²) < 4.78 is 23.6. The molecule has 1 aromatic carbocycles. The second kappa shape index (κ2) is 6.66. The molecule has 0 heterocycles. The maximum atomic E-state index is 11.1. The predicted molar refractivity (Wildman–Crippen MR) is 68.8 cm³/mol. The van der Waals surface area contributed by atoms with Crippen LogP contribution in [0.15, 0.2) is 24.3 Å². The summed E-state index contributed by atoms with van der Waals surface area (Å²) in [6, 6.07) is 7.84. The van der Waals surface area contributed by atoms with Gasteiger partial charge in [0.05, 0.1) is 6.26 Å². The van der Waals surface area contributed by atoms with Crippen molar-refractivity contribution in [3.05, 3.63) is 35.4 Å². The van der Waals surface area contributed by atoms with E-state index in [-0.39, 0.29) is 0 Å². The standard InChI is InChI=1S/C10H15NO2S.C2H6/c1-9-4-6-10(7-5-9)8-11(2)14(3,12)13;1-2/h4-7H,8H2,1-3H3;1-2H3. The third kappa shape index (κ3) is 5.28. The fourth-order valence-corrected chi connectivity index (χ4v) is 1.45. The number of hydrogen-bond donors (Lipinski definition) is 0. The monoisotopic (exact) mass is 243 g/mol. The molecule has 1 rings (SSSR count). The molecule has 0 atom stereocenters. The van der Waals surface area contributed by atoms with Crippen molar-refractivity contribution < 1.29 is 8.42 Å². The van der Waals surface area contributed by atoms with Gasteiger partial charge in [0.2, 0.25) is 10.0 Å². The average Bonchev–Trinajstić information content (AvgIpc) is 2.23. The van der Waals surface area contributed by atoms with Crippen molar-refractivity contribution in [3.63, 3.8) is 0 Å². The van der Waals surface area contributed by atoms with Gasteiger partial charge in [-0.2, -0.15) is 0 Å². The fourth-order valence-electron chi connectivity index (χ4n) is 1.07. The van der Waals surface area contributed by atoms with E-state index < -0.39 is 10.0 Å². The molecular formula is C12H21NO2S. The van der Waals surface area contributed by atoms with Gasteiger partial charge in [-0.05, 0) is 12.5 Å². The molecular weight excluding hydrogens is 222 g/mol. The highest BCUT2D eigenvalue weighted by Gasteiger charge is 2.10. The lowest BCUT2D eigenvalue weighted by Gasteiger charge is -2.13. The molecule has 0 radical (unpaired) electrons. The van der Waals surface area contributed by atoms with Gasteiger partial charge in [-0.1, -0.05) is 43.7 Å². The van der Waals surface area contributed by atoms with Gasteiger partial charge in [0.15, 0.2) is 0 Å². The normalized spacial score (nSPS) is 10.9. The van der Waals surface area contributed by atoms with Gasteiger partial charge in [0.25, 0.3) is 0 Å². The highest BCUT2D eigenvalue weighted by Crippen LogP contribution is 2.07. The first-order chi connectivity index (χ1) is 7.39. The Morgan fingerprint density at radius 1 is 1.12 bits per heavy atom. The van der Waals surface area contributed by atoms with Gasteiger partial charge in [0, 0.05) is 13.6 Å². The molecule has 0 aromatic heterocycles. The maximum Gasteiger partial charge on any atom is 0.211 e. The number of sulfonamides is 1. The molecule has 0 aliphatic carbocycles. The Balaban J connectivity index is 0.00000106. The summed E-state index contributed by atoms with van der Waals surface area (Å²) in [5.41, 5.74) is 2.18. The minimum absolute atomic E-state index is 0.430. The molecule has 0 fully saturated rings. The number of nitrogens with zero attached hydrogens (tertiary/aromatic N) is 1. The van der Waals surface area contributed by atoms with E-state index in [1.165, 1.54) is 16.1 Å². The van der Waals surface area contributed by atoms with E-state index in [2.05, 4.69) is 0 Å². The van der Waals surface area contributed by atoms with Crippen LogP contribution in [0.1, 0.15) is 25.0 Å². The quantitative estimate of drug-likeness (QED) is 0.817. The summed E-state index contributed by atoms with van der Waals surface area (Å²) in [5, 5.41) is 0. The van der Waals surface area contributed by atoms with Crippen molar-refractivity contribution in [2.75, 3.05) is 13.3 Å². The zero-order valence-corrected chi connectivity index (χ0v) is 11.5. The van der Waals surface area contributed by atoms with Crippen LogP contribution in [-0.2, 0) is 16.6 Å². The molecule has 0 N–H and O–H groups in total. The SMILES string of the molecule is CC.Cc1ccc(CN(C)S(C)(=O)=O)cc1. The highest BCUT2D eigenvalue weighted by molar-refractivity contribution is 7.88. The second-order valence-electron chi connectivity index (χ2n) is 3.50. The molecule has 1 aromatic rings. The van der Waals surface area contributed by atoms with Crippen LogP contribution in [0.4, 0.5) is 0 Å². The molecule has 0 bridgehead atoms. The molecule has 3 nitrogen and oxygen atoms in total. The van der Waals surface area contributed by atoms with Crippen molar-refractivity contribution in [3.8, 4) is 0 Å². The minimum atomic E-state index is -3.08. The topological polar surface area (TPSA) is 37.4 Å². The Labute approximate surface area is 99.1 Å². The van der Waals surface area contributed by atoms with Gasteiger partial charge in [-0.25, -0.2) is 12.7 Å². The molecule has 0 saturated heterocycles. The van der Waals surface area contributed by atoms with E-state index in [0.29, 0.717) is 6.54 Å². The Bertz CT molecular complexity index is 396. The molecule has 0 saturated carbocycles. The van der Waals surface area contributed by atoms with E-state index in [0.717, 1.165) is 5.56 Å². The summed E-state index contributed by atoms with van der Waals surface area (Å²) in [4.78, 5) is 0. The van der Waals surface area contributed by atoms with Crippen LogP contribution < -0.4 is 0 Å². The van der Waals surface area contributed by atoms with E-state index in [1.807, 2.05) is 45.0 Å². The summed E-state index contributed by atoms with van der Waals surface area (Å²) in [6.07, 6.45) is 1.21. The van der Waals surface area contributed by atoms with Crippen LogP contribution >= 0.6 is 0 Å². The van der Waals surface area contributed by atoms with Gasteiger partial charge < -0.3 is 0 Å². The zero-order chi connectivity index (χ0) is 12.8. The van der Waals surface area contributed by atoms with Gasteiger partial charge >= 0.3 is 0 Å². The van der Waals surface area contributed by atoms with E-state index in [1.54, 1.807) is 7.05 Å². The molecule has 0 aliphatic rings. The van der Waals surface area contributed by atoms with E-state index in [9.17, 15) is 8.42 Å². The number of benzene rings is 1. The van der Waals surface area contributed by atoms with Crippen molar-refractivity contribution in [2.45, 2.75) is 27.3 Å². The third-order valence-corrected chi connectivity index (χ3v) is 3.35. The molecule has 0 spiro atoms. The van der Waals surface area contributed by atoms with Crippen molar-refractivity contribution >= 4 is 10.0 Å². The lowest BCUT2D eigenvalue weighted by Crippen LogP contribution is -2.24. The van der Waals surface area contributed by atoms with Crippen molar-refractivity contribution in [2.24, 2.45) is 0 Å². The van der Waals surface area contributed by atoms with Crippen LogP contribution in [0.2, 0.25) is 0 Å². The van der Waals surface area contributed by atoms with Gasteiger partial charge in [0.1, 0.15) is 0 Å². The first-order valence-electron chi connectivity index (χ1n) is 5.36. The highest BCUT2D eigenvalue weighted by atomic mass is 32.2. The number of rotatable bonds is 3. The Hall–Kier alpha value is -0.870. The number of hydrogen-bond acceptors (Lipinski definition) is 2. The molecule has 0 amide bonds. The summed E-state index contributed by atoms with van der Waals surface area (Å²) in [7, 11) is -1.50. The smallest absolute Gasteiger partial charge is 0.211 e. The molecule has 4 heteroatoms. The summed E-state index contributed by atoms with van der Waals surface area (Å²) in [6.45, 7) is 6.43. The first kappa shape index (κ1) is 15.1. The lowest BCUT2D eigenvalue weighted by atomic mass is 10.1. The minimum Gasteiger partial charge on any atom is -0.213 e. The van der Waals surface area contributed by atoms with Crippen LogP contribution in [0.3, 0.4) is 0 Å². The van der Waals surface area contributed by atoms with Gasteiger partial charge in [-0.3, -0.25) is 0 Å². The third-order valence-electron chi connectivity index (χ3n) is 2.09. The zero-order valence-electron chi connectivity index (χ0n) is 10.7. The average molecular weight is 243 g/mol. The maximum absolute atomic E-state index is 11.1. The first-order valence-corrected chi connectivity index (χ1v) is 7.21. The summed E-state index contributed by atoms with van der Waals surface area (Å²) in [5.74, 6) is 0. The Kier molecular flexibility index (Phi) is 6.29. The van der Waals surface area contributed by atoms with Gasteiger partial charge in [-0.15, -0.1) is 0 Å². The lowest BCUT2D eigenvalue weighted by molar-refractivity contribution is 0.472. The van der Waals surface area contributed by atoms with Crippen LogP contribution in [0, 0.1) is 6.92 Å². The molecule has 0 aliphatic heterocycles.